The first-order valence-electron chi connectivity index (χ1n) is 20.8. The van der Waals surface area contributed by atoms with Crippen LogP contribution in [0.15, 0.2) is 89.5 Å². The summed E-state index contributed by atoms with van der Waals surface area (Å²) in [5.41, 5.74) is 4.47. The highest BCUT2D eigenvalue weighted by atomic mass is 35.5. The summed E-state index contributed by atoms with van der Waals surface area (Å²) in [6.07, 6.45) is 5.29. The molecule has 3 N–H and O–H groups in total. The number of nitro groups is 1. The van der Waals surface area contributed by atoms with Crippen LogP contribution in [0.1, 0.15) is 48.0 Å². The number of benzene rings is 3. The van der Waals surface area contributed by atoms with E-state index in [2.05, 4.69) is 41.9 Å². The third-order valence-corrected chi connectivity index (χ3v) is 13.8. The minimum atomic E-state index is -4.64. The van der Waals surface area contributed by atoms with Crippen LogP contribution >= 0.6 is 11.6 Å². The van der Waals surface area contributed by atoms with Crippen LogP contribution in [-0.4, -0.2) is 105 Å². The molecular formula is C44H46ClFN8O7S. The summed E-state index contributed by atoms with van der Waals surface area (Å²) in [5.74, 6) is -0.565. The number of nitrogens with one attached hydrogen (secondary N) is 3. The molecule has 0 atom stereocenters. The number of aromatic nitrogens is 2. The molecule has 9 rings (SSSR count). The summed E-state index contributed by atoms with van der Waals surface area (Å²) >= 11 is 6.17. The second kappa shape index (κ2) is 17.2. The van der Waals surface area contributed by atoms with Crippen molar-refractivity contribution in [2.45, 2.75) is 42.7 Å². The number of carbonyl (C=O) groups excluding carboxylic acids is 1. The number of amides is 1. The number of piperazine rings is 1. The van der Waals surface area contributed by atoms with Gasteiger partial charge in [-0.15, -0.1) is 0 Å². The molecule has 5 heterocycles. The summed E-state index contributed by atoms with van der Waals surface area (Å²) in [5, 5.41) is 16.5. The van der Waals surface area contributed by atoms with E-state index in [1.807, 2.05) is 41.3 Å². The first-order chi connectivity index (χ1) is 29.9. The molecule has 324 valence electrons. The number of hydrogen-bond donors (Lipinski definition) is 3. The smallest absolute Gasteiger partial charge is 0.293 e. The first kappa shape index (κ1) is 41.6. The molecule has 0 bridgehead atoms. The maximum absolute atomic E-state index is 15.3. The molecule has 2 saturated heterocycles. The van der Waals surface area contributed by atoms with E-state index in [-0.39, 0.29) is 50.5 Å². The van der Waals surface area contributed by atoms with Crippen molar-refractivity contribution in [3.05, 3.63) is 111 Å². The van der Waals surface area contributed by atoms with Crippen LogP contribution in [0.5, 0.6) is 5.88 Å². The quantitative estimate of drug-likeness (QED) is 0.0835. The molecule has 2 aromatic heterocycles. The number of alkyl halides is 1. The number of nitrogens with zero attached hydrogens (tertiary/aromatic N) is 5. The lowest BCUT2D eigenvalue weighted by Gasteiger charge is -2.37. The zero-order chi connectivity index (χ0) is 43.0. The SMILES string of the molecule is O=C(NS(=O)(=O)c1ccc(NCC2(F)CCOCC2)c([N+](=O)[O-])c1)c1ccc(N2CCN(CC3=C(c4ccc(Cl)cc4)CCC3)CC2)cc1N1CCOc2nc3[nH]ccc3cc21. The lowest BCUT2D eigenvalue weighted by Crippen LogP contribution is -2.47. The van der Waals surface area contributed by atoms with Gasteiger partial charge >= 0.3 is 0 Å². The summed E-state index contributed by atoms with van der Waals surface area (Å²) in [6, 6.07) is 20.4. The van der Waals surface area contributed by atoms with Crippen LogP contribution in [0, 0.1) is 10.1 Å². The molecule has 2 fully saturated rings. The van der Waals surface area contributed by atoms with Gasteiger partial charge in [0, 0.05) is 93.7 Å². The second-order valence-electron chi connectivity index (χ2n) is 16.1. The third kappa shape index (κ3) is 8.66. The van der Waals surface area contributed by atoms with Crippen LogP contribution in [0.25, 0.3) is 16.6 Å². The first-order valence-corrected chi connectivity index (χ1v) is 22.6. The molecule has 3 aromatic carbocycles. The number of sulfonamides is 1. The number of H-pyrrole nitrogens is 1. The Hall–Kier alpha value is -5.75. The highest BCUT2D eigenvalue weighted by Crippen LogP contribution is 2.41. The summed E-state index contributed by atoms with van der Waals surface area (Å²) in [7, 11) is -4.64. The zero-order valence-electron chi connectivity index (χ0n) is 33.9. The molecule has 62 heavy (non-hydrogen) atoms. The van der Waals surface area contributed by atoms with Gasteiger partial charge in [-0.05, 0) is 85.0 Å². The van der Waals surface area contributed by atoms with Crippen LogP contribution < -0.4 is 24.6 Å². The van der Waals surface area contributed by atoms with Gasteiger partial charge in [0.05, 0.1) is 27.6 Å². The highest BCUT2D eigenvalue weighted by Gasteiger charge is 2.34. The Morgan fingerprint density at radius 2 is 1.74 bits per heavy atom. The maximum atomic E-state index is 15.3. The lowest BCUT2D eigenvalue weighted by atomic mass is 9.96. The Balaban J connectivity index is 0.973. The van der Waals surface area contributed by atoms with E-state index in [0.29, 0.717) is 29.4 Å². The molecule has 0 saturated carbocycles. The van der Waals surface area contributed by atoms with Gasteiger partial charge in [0.25, 0.3) is 21.6 Å². The molecule has 1 amide bonds. The Morgan fingerprint density at radius 3 is 2.52 bits per heavy atom. The number of fused-ring (bicyclic) bond motifs is 2. The van der Waals surface area contributed by atoms with Gasteiger partial charge < -0.3 is 29.6 Å². The fourth-order valence-corrected chi connectivity index (χ4v) is 9.90. The number of allylic oxidation sites excluding steroid dienone is 1. The van der Waals surface area contributed by atoms with Crippen molar-refractivity contribution in [3.8, 4) is 5.88 Å². The van der Waals surface area contributed by atoms with E-state index in [9.17, 15) is 23.3 Å². The van der Waals surface area contributed by atoms with Crippen molar-refractivity contribution >= 4 is 72.6 Å². The fourth-order valence-electron chi connectivity index (χ4n) is 8.79. The topological polar surface area (TPSA) is 175 Å². The number of halogens is 2. The molecule has 5 aromatic rings. The van der Waals surface area contributed by atoms with Crippen LogP contribution in [0.4, 0.5) is 32.8 Å². The van der Waals surface area contributed by atoms with E-state index in [4.69, 9.17) is 21.1 Å². The minimum absolute atomic E-state index is 0.0445. The second-order valence-corrected chi connectivity index (χ2v) is 18.2. The molecular weight excluding hydrogens is 839 g/mol. The van der Waals surface area contributed by atoms with Crippen molar-refractivity contribution in [1.29, 1.82) is 0 Å². The number of pyridine rings is 1. The molecule has 0 unspecified atom stereocenters. The normalized spacial score (nSPS) is 18.1. The molecule has 4 aliphatic rings. The van der Waals surface area contributed by atoms with Crippen molar-refractivity contribution in [2.75, 3.05) is 80.8 Å². The monoisotopic (exact) mass is 884 g/mol. The lowest BCUT2D eigenvalue weighted by molar-refractivity contribution is -0.384. The van der Waals surface area contributed by atoms with Gasteiger partial charge in [-0.2, -0.15) is 4.98 Å². The zero-order valence-corrected chi connectivity index (χ0v) is 35.4. The average Bonchev–Trinajstić information content (AvgIpc) is 3.94. The average molecular weight is 885 g/mol. The summed E-state index contributed by atoms with van der Waals surface area (Å²) in [6.45, 7) is 4.86. The van der Waals surface area contributed by atoms with Gasteiger partial charge in [-0.1, -0.05) is 29.3 Å². The number of anilines is 4. The van der Waals surface area contributed by atoms with Crippen LogP contribution in [0.3, 0.4) is 0 Å². The summed E-state index contributed by atoms with van der Waals surface area (Å²) < 4.78 is 56.3. The van der Waals surface area contributed by atoms with E-state index < -0.39 is 37.1 Å². The number of aromatic amines is 1. The van der Waals surface area contributed by atoms with Crippen molar-refractivity contribution in [3.63, 3.8) is 0 Å². The van der Waals surface area contributed by atoms with Crippen molar-refractivity contribution < 1.29 is 32.0 Å². The molecule has 18 heteroatoms. The molecule has 0 radical (unpaired) electrons. The number of carbonyl (C=O) groups is 1. The summed E-state index contributed by atoms with van der Waals surface area (Å²) in [4.78, 5) is 39.5. The third-order valence-electron chi connectivity index (χ3n) is 12.2. The Kier molecular flexibility index (Phi) is 11.5. The number of hydrogen-bond acceptors (Lipinski definition) is 12. The maximum Gasteiger partial charge on any atom is 0.293 e. The van der Waals surface area contributed by atoms with Gasteiger partial charge in [-0.3, -0.25) is 19.8 Å². The van der Waals surface area contributed by atoms with Gasteiger partial charge in [0.2, 0.25) is 5.88 Å². The van der Waals surface area contributed by atoms with E-state index in [0.717, 1.165) is 80.2 Å². The molecule has 15 nitrogen and oxygen atoms in total. The van der Waals surface area contributed by atoms with E-state index >= 15 is 4.39 Å². The Labute approximate surface area is 363 Å². The van der Waals surface area contributed by atoms with Gasteiger partial charge in [-0.25, -0.2) is 17.5 Å². The standard InChI is InChI=1S/C44H46ClFN8O7S/c45-32-6-4-29(5-7-32)35-3-1-2-31(35)27-51-16-18-52(19-17-51)33-8-10-36(38(25-33)53-20-23-61-43-40(53)24-30-12-15-47-41(30)49-43)42(55)50-62(58,59)34-9-11-37(39(26-34)54(56)57)48-28-44(46)13-21-60-22-14-44/h4-12,15,24-26,48H,1-3,13-14,16-23,27-28H2,(H,47,49)(H,50,55). The molecule has 0 spiro atoms. The predicted octanol–water partition coefficient (Wildman–Crippen LogP) is 7.46. The predicted molar refractivity (Wildman–Crippen MR) is 236 cm³/mol. The fraction of sp³-hybridized carbons (Fsp3) is 0.364. The largest absolute Gasteiger partial charge is 0.474 e. The highest BCUT2D eigenvalue weighted by molar-refractivity contribution is 7.90. The minimum Gasteiger partial charge on any atom is -0.474 e. The van der Waals surface area contributed by atoms with Crippen molar-refractivity contribution in [1.82, 2.24) is 19.6 Å². The van der Waals surface area contributed by atoms with Crippen molar-refractivity contribution in [2.24, 2.45) is 0 Å². The van der Waals surface area contributed by atoms with E-state index in [1.54, 1.807) is 12.3 Å². The Bertz CT molecular complexity index is 2660. The number of ether oxygens (including phenoxy) is 2. The van der Waals surface area contributed by atoms with Crippen LogP contribution in [-0.2, 0) is 14.8 Å². The van der Waals surface area contributed by atoms with E-state index in [1.165, 1.54) is 22.8 Å². The van der Waals surface area contributed by atoms with Crippen LogP contribution in [0.2, 0.25) is 5.02 Å². The number of nitro benzene ring substituents is 1. The number of rotatable bonds is 12. The Morgan fingerprint density at radius 1 is 0.952 bits per heavy atom. The molecule has 3 aliphatic heterocycles. The molecule has 1 aliphatic carbocycles. The van der Waals surface area contributed by atoms with Gasteiger partial charge in [0.1, 0.15) is 29.3 Å². The van der Waals surface area contributed by atoms with Gasteiger partial charge in [0.15, 0.2) is 0 Å².